The Hall–Kier alpha value is -1.11. The van der Waals surface area contributed by atoms with Gasteiger partial charge in [-0.2, -0.15) is 0 Å². The first-order valence-corrected chi connectivity index (χ1v) is 7.81. The van der Waals surface area contributed by atoms with Gasteiger partial charge in [0.05, 0.1) is 0 Å². The molecule has 0 spiro atoms. The zero-order valence-electron chi connectivity index (χ0n) is 12.8. The van der Waals surface area contributed by atoms with Gasteiger partial charge in [-0.05, 0) is 49.8 Å². The molecule has 1 heteroatoms. The fourth-order valence-electron chi connectivity index (χ4n) is 2.47. The topological polar surface area (TPSA) is 17.1 Å². The van der Waals surface area contributed by atoms with Crippen molar-refractivity contribution in [2.45, 2.75) is 72.1 Å². The Morgan fingerprint density at radius 1 is 0.947 bits per heavy atom. The van der Waals surface area contributed by atoms with Gasteiger partial charge in [0.15, 0.2) is 5.78 Å². The van der Waals surface area contributed by atoms with Gasteiger partial charge >= 0.3 is 0 Å². The van der Waals surface area contributed by atoms with E-state index in [2.05, 4.69) is 32.0 Å². The molecule has 0 unspecified atom stereocenters. The molecular weight excluding hydrogens is 232 g/mol. The Bertz CT molecular complexity index is 393. The Morgan fingerprint density at radius 3 is 2.16 bits per heavy atom. The number of hydrogen-bond acceptors (Lipinski definition) is 1. The van der Waals surface area contributed by atoms with Gasteiger partial charge in [0.25, 0.3) is 0 Å². The van der Waals surface area contributed by atoms with Crippen molar-refractivity contribution >= 4 is 5.78 Å². The minimum atomic E-state index is 0.212. The maximum absolute atomic E-state index is 11.8. The number of carbonyl (C=O) groups excluding carboxylic acids is 1. The van der Waals surface area contributed by atoms with Gasteiger partial charge in [-0.1, -0.05) is 51.7 Å². The molecule has 0 radical (unpaired) electrons. The summed E-state index contributed by atoms with van der Waals surface area (Å²) >= 11 is 0. The fourth-order valence-corrected chi connectivity index (χ4v) is 2.47. The van der Waals surface area contributed by atoms with Crippen molar-refractivity contribution in [3.63, 3.8) is 0 Å². The smallest absolute Gasteiger partial charge is 0.160 e. The van der Waals surface area contributed by atoms with Crippen molar-refractivity contribution < 1.29 is 4.79 Å². The van der Waals surface area contributed by atoms with Crippen molar-refractivity contribution in [3.8, 4) is 0 Å². The lowest BCUT2D eigenvalue weighted by Crippen LogP contribution is -2.02. The van der Waals surface area contributed by atoms with Crippen LogP contribution < -0.4 is 0 Å². The van der Waals surface area contributed by atoms with Crippen LogP contribution in [0.5, 0.6) is 0 Å². The molecule has 0 amide bonds. The predicted octanol–water partition coefficient (Wildman–Crippen LogP) is 5.35. The van der Waals surface area contributed by atoms with Crippen molar-refractivity contribution in [1.29, 1.82) is 0 Å². The molecule has 0 heterocycles. The number of rotatable bonds is 9. The van der Waals surface area contributed by atoms with E-state index in [0.29, 0.717) is 0 Å². The molecule has 1 rings (SSSR count). The van der Waals surface area contributed by atoms with Gasteiger partial charge < -0.3 is 0 Å². The van der Waals surface area contributed by atoms with Gasteiger partial charge in [-0.3, -0.25) is 4.79 Å². The molecule has 0 aliphatic carbocycles. The molecule has 19 heavy (non-hydrogen) atoms. The molecule has 0 saturated carbocycles. The lowest BCUT2D eigenvalue weighted by Gasteiger charge is -2.10. The highest BCUT2D eigenvalue weighted by Gasteiger charge is 2.08. The molecule has 0 aliphatic heterocycles. The van der Waals surface area contributed by atoms with Crippen LogP contribution in [0.2, 0.25) is 0 Å². The highest BCUT2D eigenvalue weighted by Crippen LogP contribution is 2.18. The average Bonchev–Trinajstić information content (AvgIpc) is 2.40. The molecule has 0 N–H and O–H groups in total. The van der Waals surface area contributed by atoms with E-state index < -0.39 is 0 Å². The third-order valence-corrected chi connectivity index (χ3v) is 3.67. The van der Waals surface area contributed by atoms with Crippen LogP contribution in [-0.2, 0) is 12.8 Å². The number of aryl methyl sites for hydroxylation is 2. The fraction of sp³-hybridized carbons (Fsp3) is 0.611. The summed E-state index contributed by atoms with van der Waals surface area (Å²) in [4.78, 5) is 11.8. The molecule has 0 aliphatic rings. The Morgan fingerprint density at radius 2 is 1.58 bits per heavy atom. The Balaban J connectivity index is 2.73. The summed E-state index contributed by atoms with van der Waals surface area (Å²) < 4.78 is 0. The minimum Gasteiger partial charge on any atom is -0.295 e. The highest BCUT2D eigenvalue weighted by atomic mass is 16.1. The number of hydrogen-bond donors (Lipinski definition) is 0. The SMILES string of the molecule is CCCCCc1ccc(CCCCC)c(C(C)=O)c1. The van der Waals surface area contributed by atoms with E-state index in [-0.39, 0.29) is 5.78 Å². The molecule has 1 nitrogen and oxygen atoms in total. The van der Waals surface area contributed by atoms with Gasteiger partial charge in [0.2, 0.25) is 0 Å². The average molecular weight is 260 g/mol. The van der Waals surface area contributed by atoms with E-state index in [1.54, 1.807) is 6.92 Å². The Labute approximate surface area is 118 Å². The summed E-state index contributed by atoms with van der Waals surface area (Å²) in [5.41, 5.74) is 3.50. The first kappa shape index (κ1) is 15.9. The molecule has 0 fully saturated rings. The molecule has 0 aromatic heterocycles. The van der Waals surface area contributed by atoms with E-state index >= 15 is 0 Å². The summed E-state index contributed by atoms with van der Waals surface area (Å²) in [6.45, 7) is 6.12. The van der Waals surface area contributed by atoms with E-state index in [1.807, 2.05) is 0 Å². The summed E-state index contributed by atoms with van der Waals surface area (Å²) in [6.07, 6.45) is 9.54. The Kier molecular flexibility index (Phi) is 7.47. The van der Waals surface area contributed by atoms with Crippen LogP contribution in [-0.4, -0.2) is 5.78 Å². The second-order valence-electron chi connectivity index (χ2n) is 5.46. The van der Waals surface area contributed by atoms with Crippen LogP contribution in [0.4, 0.5) is 0 Å². The second-order valence-corrected chi connectivity index (χ2v) is 5.46. The van der Waals surface area contributed by atoms with E-state index in [1.165, 1.54) is 49.7 Å². The summed E-state index contributed by atoms with van der Waals surface area (Å²) in [5.74, 6) is 0.212. The molecule has 0 saturated heterocycles. The van der Waals surface area contributed by atoms with Gasteiger partial charge in [0.1, 0.15) is 0 Å². The second kappa shape index (κ2) is 8.90. The predicted molar refractivity (Wildman–Crippen MR) is 82.9 cm³/mol. The molecule has 1 aromatic rings. The van der Waals surface area contributed by atoms with Gasteiger partial charge in [-0.15, -0.1) is 0 Å². The lowest BCUT2D eigenvalue weighted by molar-refractivity contribution is 0.101. The maximum atomic E-state index is 11.8. The van der Waals surface area contributed by atoms with Crippen LogP contribution in [0.3, 0.4) is 0 Å². The number of Topliss-reactive ketones (excluding diaryl/α,β-unsaturated/α-hetero) is 1. The van der Waals surface area contributed by atoms with E-state index in [4.69, 9.17) is 0 Å². The largest absolute Gasteiger partial charge is 0.295 e. The van der Waals surface area contributed by atoms with Crippen LogP contribution in [0.15, 0.2) is 18.2 Å². The summed E-state index contributed by atoms with van der Waals surface area (Å²) in [6, 6.07) is 6.51. The lowest BCUT2D eigenvalue weighted by atomic mass is 9.95. The number of benzene rings is 1. The standard InChI is InChI=1S/C18H28O/c1-4-6-8-10-16-12-13-17(11-9-7-5-2)18(14-16)15(3)19/h12-14H,4-11H2,1-3H3. The van der Waals surface area contributed by atoms with Crippen molar-refractivity contribution in [3.05, 3.63) is 34.9 Å². The molecule has 106 valence electrons. The van der Waals surface area contributed by atoms with Crippen molar-refractivity contribution in [2.75, 3.05) is 0 Å². The summed E-state index contributed by atoms with van der Waals surface area (Å²) in [7, 11) is 0. The van der Waals surface area contributed by atoms with Crippen molar-refractivity contribution in [2.24, 2.45) is 0 Å². The normalized spacial score (nSPS) is 10.7. The maximum Gasteiger partial charge on any atom is 0.160 e. The number of unbranched alkanes of at least 4 members (excludes halogenated alkanes) is 4. The van der Waals surface area contributed by atoms with Crippen LogP contribution in [0.1, 0.15) is 80.8 Å². The zero-order chi connectivity index (χ0) is 14.1. The molecule has 0 atom stereocenters. The minimum absolute atomic E-state index is 0.212. The van der Waals surface area contributed by atoms with Crippen molar-refractivity contribution in [1.82, 2.24) is 0 Å². The number of carbonyl (C=O) groups is 1. The molecule has 0 bridgehead atoms. The summed E-state index contributed by atoms with van der Waals surface area (Å²) in [5, 5.41) is 0. The first-order valence-electron chi connectivity index (χ1n) is 7.81. The quantitative estimate of drug-likeness (QED) is 0.432. The molecular formula is C18H28O. The first-order chi connectivity index (χ1) is 9.19. The van der Waals surface area contributed by atoms with E-state index in [9.17, 15) is 4.79 Å². The number of ketones is 1. The van der Waals surface area contributed by atoms with Gasteiger partial charge in [0, 0.05) is 5.56 Å². The van der Waals surface area contributed by atoms with Crippen LogP contribution >= 0.6 is 0 Å². The third kappa shape index (κ3) is 5.59. The monoisotopic (exact) mass is 260 g/mol. The molecule has 1 aromatic carbocycles. The van der Waals surface area contributed by atoms with Crippen LogP contribution in [0.25, 0.3) is 0 Å². The van der Waals surface area contributed by atoms with Crippen LogP contribution in [0, 0.1) is 0 Å². The van der Waals surface area contributed by atoms with Gasteiger partial charge in [-0.25, -0.2) is 0 Å². The van der Waals surface area contributed by atoms with E-state index in [0.717, 1.165) is 18.4 Å². The zero-order valence-corrected chi connectivity index (χ0v) is 12.8. The highest BCUT2D eigenvalue weighted by molar-refractivity contribution is 5.95. The third-order valence-electron chi connectivity index (χ3n) is 3.67.